The largest absolute Gasteiger partial charge is 0.478 e. The predicted octanol–water partition coefficient (Wildman–Crippen LogP) is 2.75. The van der Waals surface area contributed by atoms with Crippen molar-refractivity contribution in [2.45, 2.75) is 32.9 Å². The molecule has 0 amide bonds. The van der Waals surface area contributed by atoms with E-state index in [0.717, 1.165) is 6.42 Å². The summed E-state index contributed by atoms with van der Waals surface area (Å²) < 4.78 is 13.8. The number of carboxylic acid groups (broad SMARTS) is 1. The number of nitrogens with zero attached hydrogens (tertiary/aromatic N) is 1. The molecule has 4 heteroatoms. The highest BCUT2D eigenvalue weighted by molar-refractivity contribution is 5.88. The van der Waals surface area contributed by atoms with Crippen molar-refractivity contribution in [2.24, 2.45) is 0 Å². The highest BCUT2D eigenvalue weighted by Gasteiger charge is 2.16. The Labute approximate surface area is 101 Å². The molecule has 3 nitrogen and oxygen atoms in total. The zero-order valence-corrected chi connectivity index (χ0v) is 10.4. The van der Waals surface area contributed by atoms with Gasteiger partial charge in [-0.3, -0.25) is 4.90 Å². The van der Waals surface area contributed by atoms with E-state index in [1.807, 2.05) is 11.9 Å². The molecule has 0 aromatic heterocycles. The van der Waals surface area contributed by atoms with Crippen molar-refractivity contribution in [3.63, 3.8) is 0 Å². The van der Waals surface area contributed by atoms with Gasteiger partial charge in [0.15, 0.2) is 0 Å². The summed E-state index contributed by atoms with van der Waals surface area (Å²) in [5.74, 6) is -1.86. The molecule has 0 bridgehead atoms. The number of carbonyl (C=O) groups is 1. The molecule has 0 saturated carbocycles. The molecule has 94 valence electrons. The molecule has 0 radical (unpaired) electrons. The van der Waals surface area contributed by atoms with E-state index in [0.29, 0.717) is 18.2 Å². The number of hydrogen-bond acceptors (Lipinski definition) is 2. The van der Waals surface area contributed by atoms with Crippen LogP contribution in [0, 0.1) is 5.82 Å². The molecular weight excluding hydrogens is 221 g/mol. The van der Waals surface area contributed by atoms with Gasteiger partial charge in [-0.15, -0.1) is 0 Å². The SMILES string of the molecule is CCC(C)N(C)Cc1cccc(C(=O)O)c1F. The van der Waals surface area contributed by atoms with Gasteiger partial charge in [0.2, 0.25) is 0 Å². The second-order valence-electron chi connectivity index (χ2n) is 4.26. The van der Waals surface area contributed by atoms with E-state index >= 15 is 0 Å². The first-order chi connectivity index (χ1) is 7.97. The molecule has 0 heterocycles. The quantitative estimate of drug-likeness (QED) is 0.859. The lowest BCUT2D eigenvalue weighted by molar-refractivity contribution is 0.0691. The summed E-state index contributed by atoms with van der Waals surface area (Å²) in [5, 5.41) is 8.83. The monoisotopic (exact) mass is 239 g/mol. The van der Waals surface area contributed by atoms with Crippen LogP contribution in [-0.4, -0.2) is 29.1 Å². The summed E-state index contributed by atoms with van der Waals surface area (Å²) in [6.45, 7) is 4.53. The van der Waals surface area contributed by atoms with Gasteiger partial charge in [-0.2, -0.15) is 0 Å². The van der Waals surface area contributed by atoms with E-state index in [1.165, 1.54) is 6.07 Å². The number of halogens is 1. The van der Waals surface area contributed by atoms with Crippen LogP contribution in [0.3, 0.4) is 0 Å². The molecule has 0 saturated heterocycles. The highest BCUT2D eigenvalue weighted by atomic mass is 19.1. The van der Waals surface area contributed by atoms with Gasteiger partial charge in [0.1, 0.15) is 5.82 Å². The van der Waals surface area contributed by atoms with Gasteiger partial charge in [-0.05, 0) is 26.5 Å². The Hall–Kier alpha value is -1.42. The first kappa shape index (κ1) is 13.6. The van der Waals surface area contributed by atoms with Crippen LogP contribution in [0.25, 0.3) is 0 Å². The molecule has 1 rings (SSSR count). The maximum atomic E-state index is 13.8. The van der Waals surface area contributed by atoms with Crippen LogP contribution in [0.2, 0.25) is 0 Å². The third-order valence-corrected chi connectivity index (χ3v) is 3.07. The van der Waals surface area contributed by atoms with Crippen LogP contribution in [0.1, 0.15) is 36.2 Å². The number of hydrogen-bond donors (Lipinski definition) is 1. The number of rotatable bonds is 5. The predicted molar refractivity (Wildman–Crippen MR) is 64.6 cm³/mol. The molecule has 1 aromatic rings. The van der Waals surface area contributed by atoms with Gasteiger partial charge in [-0.25, -0.2) is 9.18 Å². The van der Waals surface area contributed by atoms with Crippen LogP contribution < -0.4 is 0 Å². The van der Waals surface area contributed by atoms with Crippen molar-refractivity contribution in [1.82, 2.24) is 4.90 Å². The zero-order chi connectivity index (χ0) is 13.0. The molecule has 1 atom stereocenters. The summed E-state index contributed by atoms with van der Waals surface area (Å²) in [5.41, 5.74) is 0.160. The topological polar surface area (TPSA) is 40.5 Å². The minimum Gasteiger partial charge on any atom is -0.478 e. The Morgan fingerprint density at radius 2 is 2.18 bits per heavy atom. The fourth-order valence-electron chi connectivity index (χ4n) is 1.60. The van der Waals surface area contributed by atoms with Gasteiger partial charge >= 0.3 is 5.97 Å². The van der Waals surface area contributed by atoms with E-state index in [1.54, 1.807) is 12.1 Å². The second kappa shape index (κ2) is 5.77. The smallest absolute Gasteiger partial charge is 0.338 e. The summed E-state index contributed by atoms with van der Waals surface area (Å²) in [6.07, 6.45) is 0.969. The first-order valence-corrected chi connectivity index (χ1v) is 5.68. The van der Waals surface area contributed by atoms with Crippen LogP contribution in [0.5, 0.6) is 0 Å². The molecule has 0 aliphatic heterocycles. The van der Waals surface area contributed by atoms with Crippen LogP contribution in [0.15, 0.2) is 18.2 Å². The van der Waals surface area contributed by atoms with Crippen molar-refractivity contribution in [3.05, 3.63) is 35.1 Å². The summed E-state index contributed by atoms with van der Waals surface area (Å²) in [4.78, 5) is 12.8. The van der Waals surface area contributed by atoms with Crippen molar-refractivity contribution >= 4 is 5.97 Å². The lowest BCUT2D eigenvalue weighted by Gasteiger charge is -2.23. The molecule has 1 unspecified atom stereocenters. The van der Waals surface area contributed by atoms with Crippen molar-refractivity contribution in [2.75, 3.05) is 7.05 Å². The molecule has 0 aliphatic rings. The molecule has 0 spiro atoms. The molecule has 17 heavy (non-hydrogen) atoms. The second-order valence-corrected chi connectivity index (χ2v) is 4.26. The Morgan fingerprint density at radius 3 is 2.71 bits per heavy atom. The number of aromatic carboxylic acids is 1. The first-order valence-electron chi connectivity index (χ1n) is 5.68. The third kappa shape index (κ3) is 3.27. The molecule has 1 N–H and O–H groups in total. The minimum absolute atomic E-state index is 0.264. The zero-order valence-electron chi connectivity index (χ0n) is 10.4. The normalized spacial score (nSPS) is 12.8. The Morgan fingerprint density at radius 1 is 1.53 bits per heavy atom. The van der Waals surface area contributed by atoms with Crippen LogP contribution in [-0.2, 0) is 6.54 Å². The lowest BCUT2D eigenvalue weighted by atomic mass is 10.1. The van der Waals surface area contributed by atoms with E-state index in [4.69, 9.17) is 5.11 Å². The molecular formula is C13H18FNO2. The van der Waals surface area contributed by atoms with Crippen molar-refractivity contribution in [1.29, 1.82) is 0 Å². The fraction of sp³-hybridized carbons (Fsp3) is 0.462. The van der Waals surface area contributed by atoms with Gasteiger partial charge < -0.3 is 5.11 Å². The average molecular weight is 239 g/mol. The lowest BCUT2D eigenvalue weighted by Crippen LogP contribution is -2.28. The van der Waals surface area contributed by atoms with Gasteiger partial charge in [0, 0.05) is 18.2 Å². The van der Waals surface area contributed by atoms with E-state index < -0.39 is 11.8 Å². The number of carboxylic acids is 1. The van der Waals surface area contributed by atoms with Gasteiger partial charge in [-0.1, -0.05) is 19.1 Å². The van der Waals surface area contributed by atoms with Crippen molar-refractivity contribution < 1.29 is 14.3 Å². The van der Waals surface area contributed by atoms with Crippen molar-refractivity contribution in [3.8, 4) is 0 Å². The highest BCUT2D eigenvalue weighted by Crippen LogP contribution is 2.16. The Bertz CT molecular complexity index is 406. The van der Waals surface area contributed by atoms with Crippen LogP contribution in [0.4, 0.5) is 4.39 Å². The minimum atomic E-state index is -1.23. The Kier molecular flexibility index (Phi) is 4.63. The maximum Gasteiger partial charge on any atom is 0.338 e. The average Bonchev–Trinajstić information content (AvgIpc) is 2.30. The molecule has 0 fully saturated rings. The fourth-order valence-corrected chi connectivity index (χ4v) is 1.60. The standard InChI is InChI=1S/C13H18FNO2/c1-4-9(2)15(3)8-10-6-5-7-11(12(10)14)13(16)17/h5-7,9H,4,8H2,1-3H3,(H,16,17). The molecule has 1 aromatic carbocycles. The van der Waals surface area contributed by atoms with Crippen LogP contribution >= 0.6 is 0 Å². The summed E-state index contributed by atoms with van der Waals surface area (Å²) in [7, 11) is 1.90. The van der Waals surface area contributed by atoms with Gasteiger partial charge in [0.25, 0.3) is 0 Å². The maximum absolute atomic E-state index is 13.8. The van der Waals surface area contributed by atoms with E-state index in [9.17, 15) is 9.18 Å². The van der Waals surface area contributed by atoms with E-state index in [-0.39, 0.29) is 5.56 Å². The van der Waals surface area contributed by atoms with E-state index in [2.05, 4.69) is 13.8 Å². The van der Waals surface area contributed by atoms with Gasteiger partial charge in [0.05, 0.1) is 5.56 Å². The molecule has 0 aliphatic carbocycles. The summed E-state index contributed by atoms with van der Waals surface area (Å²) in [6, 6.07) is 4.82. The Balaban J connectivity index is 2.92. The number of benzene rings is 1. The summed E-state index contributed by atoms with van der Waals surface area (Å²) >= 11 is 0. The third-order valence-electron chi connectivity index (χ3n) is 3.07.